The Morgan fingerprint density at radius 2 is 1.50 bits per heavy atom. The zero-order valence-electron chi connectivity index (χ0n) is 22.3. The molecule has 0 saturated heterocycles. The predicted molar refractivity (Wildman–Crippen MR) is 150 cm³/mol. The Morgan fingerprint density at radius 3 is 2.13 bits per heavy atom. The van der Waals surface area contributed by atoms with Crippen molar-refractivity contribution in [3.63, 3.8) is 0 Å². The molecule has 38 heavy (non-hydrogen) atoms. The normalized spacial score (nSPS) is 11.3. The molecule has 3 aromatic carbocycles. The third kappa shape index (κ3) is 7.32. The number of ether oxygens (including phenoxy) is 2. The van der Waals surface area contributed by atoms with Crippen molar-refractivity contribution in [2.24, 2.45) is 5.41 Å². The quantitative estimate of drug-likeness (QED) is 0.206. The number of carbonyl (C=O) groups is 1. The van der Waals surface area contributed by atoms with Crippen molar-refractivity contribution in [1.82, 2.24) is 0 Å². The Balaban J connectivity index is 1.89. The van der Waals surface area contributed by atoms with Gasteiger partial charge >= 0.3 is 5.97 Å². The average molecular weight is 519 g/mol. The van der Waals surface area contributed by atoms with E-state index >= 15 is 0 Å². The van der Waals surface area contributed by atoms with Gasteiger partial charge in [0.25, 0.3) is 0 Å². The fraction of sp³-hybridized carbons (Fsp3) is 0.344. The Bertz CT molecular complexity index is 1210. The molecule has 0 fully saturated rings. The average Bonchev–Trinajstić information content (AvgIpc) is 2.96. The van der Waals surface area contributed by atoms with Gasteiger partial charge in [0.1, 0.15) is 5.75 Å². The first-order valence-electron chi connectivity index (χ1n) is 13.0. The molecule has 0 aliphatic heterocycles. The summed E-state index contributed by atoms with van der Waals surface area (Å²) in [5.41, 5.74) is 5.92. The fourth-order valence-electron chi connectivity index (χ4n) is 4.20. The van der Waals surface area contributed by atoms with Crippen molar-refractivity contribution in [2.45, 2.75) is 33.1 Å². The minimum Gasteiger partial charge on any atom is -0.493 e. The van der Waals surface area contributed by atoms with E-state index in [2.05, 4.69) is 49.9 Å². The van der Waals surface area contributed by atoms with E-state index in [1.807, 2.05) is 30.3 Å². The lowest BCUT2D eigenvalue weighted by atomic mass is 9.88. The summed E-state index contributed by atoms with van der Waals surface area (Å²) in [6.45, 7) is 6.72. The molecular formula is C32H38O6. The van der Waals surface area contributed by atoms with Crippen molar-refractivity contribution in [2.75, 3.05) is 33.0 Å². The molecule has 0 saturated carbocycles. The van der Waals surface area contributed by atoms with Crippen molar-refractivity contribution in [3.05, 3.63) is 90.0 Å². The third-order valence-corrected chi connectivity index (χ3v) is 6.81. The summed E-state index contributed by atoms with van der Waals surface area (Å²) in [5, 5.41) is 28.8. The van der Waals surface area contributed by atoms with E-state index < -0.39 is 11.4 Å². The van der Waals surface area contributed by atoms with Gasteiger partial charge in [0, 0.05) is 17.4 Å². The topological polar surface area (TPSA) is 96.2 Å². The van der Waals surface area contributed by atoms with Crippen molar-refractivity contribution >= 4 is 5.97 Å². The second kappa shape index (κ2) is 13.9. The van der Waals surface area contributed by atoms with E-state index in [-0.39, 0.29) is 39.5 Å². The van der Waals surface area contributed by atoms with Crippen LogP contribution in [0.1, 0.15) is 31.4 Å². The predicted octanol–water partition coefficient (Wildman–Crippen LogP) is 4.98. The van der Waals surface area contributed by atoms with Crippen molar-refractivity contribution < 1.29 is 29.6 Å². The largest absolute Gasteiger partial charge is 0.493 e. The molecule has 202 valence electrons. The monoisotopic (exact) mass is 518 g/mol. The van der Waals surface area contributed by atoms with Gasteiger partial charge in [0.15, 0.2) is 0 Å². The van der Waals surface area contributed by atoms with Crippen LogP contribution in [0.4, 0.5) is 0 Å². The number of hydrogen-bond donors (Lipinski definition) is 3. The number of hydrogen-bond acceptors (Lipinski definition) is 6. The molecule has 0 aromatic heterocycles. The zero-order valence-corrected chi connectivity index (χ0v) is 22.3. The van der Waals surface area contributed by atoms with Crippen LogP contribution in [0.25, 0.3) is 22.3 Å². The van der Waals surface area contributed by atoms with Gasteiger partial charge < -0.3 is 24.8 Å². The Hall–Kier alpha value is -3.45. The molecule has 0 spiro atoms. The van der Waals surface area contributed by atoms with Crippen LogP contribution in [0, 0.1) is 5.41 Å². The summed E-state index contributed by atoms with van der Waals surface area (Å²) in [6, 6.07) is 22.7. The molecule has 3 rings (SSSR count). The molecule has 0 unspecified atom stereocenters. The standard InChI is InChI=1S/C32H38O6/c1-4-24-18-26(25-8-6-5-7-9-25)10-12-29(24)27-11-13-30(37-17-15-32(20-33,21-34)22-35)28(19-27)14-16-38-31(36)23(2)3/h5-13,18-19,33-35H,2,4,14-17,20-22H2,1,3H3. The van der Waals surface area contributed by atoms with Gasteiger partial charge in [-0.1, -0.05) is 68.1 Å². The number of aliphatic hydroxyl groups is 3. The van der Waals surface area contributed by atoms with E-state index in [0.717, 1.165) is 23.1 Å². The Labute approximate surface area is 225 Å². The van der Waals surface area contributed by atoms with Gasteiger partial charge in [-0.3, -0.25) is 0 Å². The molecule has 3 N–H and O–H groups in total. The summed E-state index contributed by atoms with van der Waals surface area (Å²) in [6.07, 6.45) is 1.59. The maximum absolute atomic E-state index is 11.9. The molecule has 6 heteroatoms. The molecule has 3 aromatic rings. The van der Waals surface area contributed by atoms with E-state index in [1.165, 1.54) is 16.7 Å². The highest BCUT2D eigenvalue weighted by molar-refractivity contribution is 5.86. The molecule has 0 heterocycles. The van der Waals surface area contributed by atoms with Gasteiger partial charge in [0.05, 0.1) is 33.0 Å². The summed E-state index contributed by atoms with van der Waals surface area (Å²) < 4.78 is 11.4. The van der Waals surface area contributed by atoms with E-state index in [4.69, 9.17) is 9.47 Å². The van der Waals surface area contributed by atoms with Crippen LogP contribution >= 0.6 is 0 Å². The maximum atomic E-state index is 11.9. The van der Waals surface area contributed by atoms with Gasteiger partial charge in [0.2, 0.25) is 0 Å². The summed E-state index contributed by atoms with van der Waals surface area (Å²) in [5.74, 6) is 0.189. The molecule has 0 amide bonds. The van der Waals surface area contributed by atoms with Gasteiger partial charge in [-0.05, 0) is 65.3 Å². The van der Waals surface area contributed by atoms with E-state index in [0.29, 0.717) is 17.7 Å². The van der Waals surface area contributed by atoms with Crippen LogP contribution < -0.4 is 4.74 Å². The van der Waals surface area contributed by atoms with Crippen LogP contribution in [0.15, 0.2) is 78.9 Å². The summed E-state index contributed by atoms with van der Waals surface area (Å²) in [7, 11) is 0. The number of carbonyl (C=O) groups excluding carboxylic acids is 1. The van der Waals surface area contributed by atoms with Crippen LogP contribution in [-0.4, -0.2) is 54.3 Å². The molecule has 6 nitrogen and oxygen atoms in total. The van der Waals surface area contributed by atoms with Crippen LogP contribution in [-0.2, 0) is 22.4 Å². The number of aliphatic hydroxyl groups excluding tert-OH is 3. The second-order valence-corrected chi connectivity index (χ2v) is 9.65. The van der Waals surface area contributed by atoms with Crippen molar-refractivity contribution in [1.29, 1.82) is 0 Å². The molecule has 0 radical (unpaired) electrons. The second-order valence-electron chi connectivity index (χ2n) is 9.65. The van der Waals surface area contributed by atoms with Crippen LogP contribution in [0.2, 0.25) is 0 Å². The molecule has 0 atom stereocenters. The van der Waals surface area contributed by atoms with Gasteiger partial charge in [-0.2, -0.15) is 0 Å². The minimum atomic E-state index is -1.01. The lowest BCUT2D eigenvalue weighted by Gasteiger charge is -2.27. The van der Waals surface area contributed by atoms with E-state index in [9.17, 15) is 20.1 Å². The highest BCUT2D eigenvalue weighted by Gasteiger charge is 2.28. The number of rotatable bonds is 14. The SMILES string of the molecule is C=C(C)C(=O)OCCc1cc(-c2ccc(-c3ccccc3)cc2CC)ccc1OCCC(CO)(CO)CO. The van der Waals surface area contributed by atoms with E-state index in [1.54, 1.807) is 6.92 Å². The van der Waals surface area contributed by atoms with Crippen molar-refractivity contribution in [3.8, 4) is 28.0 Å². The highest BCUT2D eigenvalue weighted by Crippen LogP contribution is 2.33. The summed E-state index contributed by atoms with van der Waals surface area (Å²) >= 11 is 0. The number of aryl methyl sites for hydroxylation is 1. The van der Waals surface area contributed by atoms with Crippen LogP contribution in [0.3, 0.4) is 0 Å². The lowest BCUT2D eigenvalue weighted by molar-refractivity contribution is -0.138. The maximum Gasteiger partial charge on any atom is 0.333 e. The highest BCUT2D eigenvalue weighted by atomic mass is 16.5. The molecule has 0 aliphatic rings. The first-order chi connectivity index (χ1) is 18.4. The van der Waals surface area contributed by atoms with Gasteiger partial charge in [-0.15, -0.1) is 0 Å². The molecule has 0 bridgehead atoms. The Morgan fingerprint density at radius 1 is 0.842 bits per heavy atom. The fourth-order valence-corrected chi connectivity index (χ4v) is 4.20. The first kappa shape index (κ1) is 29.1. The minimum absolute atomic E-state index is 0.174. The number of esters is 1. The van der Waals surface area contributed by atoms with Gasteiger partial charge in [-0.25, -0.2) is 4.79 Å². The summed E-state index contributed by atoms with van der Waals surface area (Å²) in [4.78, 5) is 11.9. The lowest BCUT2D eigenvalue weighted by Crippen LogP contribution is -2.35. The molecular weight excluding hydrogens is 480 g/mol. The smallest absolute Gasteiger partial charge is 0.333 e. The van der Waals surface area contributed by atoms with Crippen LogP contribution in [0.5, 0.6) is 5.75 Å². The Kier molecular flexibility index (Phi) is 10.7. The zero-order chi connectivity index (χ0) is 27.5. The molecule has 0 aliphatic carbocycles. The number of benzene rings is 3. The third-order valence-electron chi connectivity index (χ3n) is 6.81. The first-order valence-corrected chi connectivity index (χ1v) is 13.0.